The van der Waals surface area contributed by atoms with E-state index in [2.05, 4.69) is 5.32 Å². The van der Waals surface area contributed by atoms with E-state index in [1.54, 1.807) is 48.2 Å². The summed E-state index contributed by atoms with van der Waals surface area (Å²) in [7, 11) is 0. The van der Waals surface area contributed by atoms with Gasteiger partial charge in [0.2, 0.25) is 11.8 Å². The van der Waals surface area contributed by atoms with Crippen LogP contribution in [0.1, 0.15) is 45.6 Å². The van der Waals surface area contributed by atoms with Crippen molar-refractivity contribution in [3.8, 4) is 5.75 Å². The van der Waals surface area contributed by atoms with Crippen LogP contribution in [0.5, 0.6) is 5.75 Å². The Morgan fingerprint density at radius 2 is 1.58 bits per heavy atom. The fraction of sp³-hybridized carbons (Fsp3) is 0.417. The predicted octanol–water partition coefficient (Wildman–Crippen LogP) is 5.48. The van der Waals surface area contributed by atoms with E-state index in [0.29, 0.717) is 35.4 Å². The molecule has 0 aromatic heterocycles. The summed E-state index contributed by atoms with van der Waals surface area (Å²) >= 11 is 11.8. The van der Waals surface area contributed by atoms with Crippen molar-refractivity contribution in [1.82, 2.24) is 10.2 Å². The minimum absolute atomic E-state index is 0.0511. The molecule has 0 aliphatic heterocycles. The van der Waals surface area contributed by atoms with Crippen molar-refractivity contribution in [2.24, 2.45) is 0 Å². The number of nitrogens with one attached hydrogen (secondary N) is 1. The third-order valence-electron chi connectivity index (χ3n) is 5.05. The summed E-state index contributed by atoms with van der Waals surface area (Å²) < 4.78 is 5.67. The first-order valence-corrected chi connectivity index (χ1v) is 11.3. The van der Waals surface area contributed by atoms with Gasteiger partial charge in [-0.15, -0.1) is 0 Å². The summed E-state index contributed by atoms with van der Waals surface area (Å²) in [5.74, 6) is 0.451. The van der Waals surface area contributed by atoms with E-state index in [1.165, 1.54) is 0 Å². The lowest BCUT2D eigenvalue weighted by Crippen LogP contribution is -2.49. The molecule has 2 aromatic rings. The number of hydrogen-bond acceptors (Lipinski definition) is 3. The number of amides is 2. The van der Waals surface area contributed by atoms with Gasteiger partial charge in [-0.1, -0.05) is 42.3 Å². The number of halogens is 2. The van der Waals surface area contributed by atoms with Crippen LogP contribution in [0.3, 0.4) is 0 Å². The Hall–Kier alpha value is -2.24. The van der Waals surface area contributed by atoms with Crippen LogP contribution in [0.4, 0.5) is 0 Å². The topological polar surface area (TPSA) is 58.6 Å². The standard InChI is InChI=1S/C24H30Cl2N2O3/c1-4-17(2)27-24(30)18(3)28(16-19-7-9-20(25)10-8-19)23(29)6-5-15-31-22-13-11-21(26)12-14-22/h7-14,17-18H,4-6,15-16H2,1-3H3,(H,27,30)/t17-,18+/m0/s1. The highest BCUT2D eigenvalue weighted by atomic mass is 35.5. The van der Waals surface area contributed by atoms with Crippen LogP contribution < -0.4 is 10.1 Å². The number of ether oxygens (including phenoxy) is 1. The number of hydrogen-bond donors (Lipinski definition) is 1. The Labute approximate surface area is 194 Å². The Balaban J connectivity index is 1.99. The molecule has 5 nitrogen and oxygen atoms in total. The summed E-state index contributed by atoms with van der Waals surface area (Å²) in [6.07, 6.45) is 1.64. The van der Waals surface area contributed by atoms with Crippen molar-refractivity contribution in [2.75, 3.05) is 6.61 Å². The number of carbonyl (C=O) groups is 2. The minimum atomic E-state index is -0.589. The largest absolute Gasteiger partial charge is 0.494 e. The molecule has 0 saturated carbocycles. The van der Waals surface area contributed by atoms with Gasteiger partial charge in [-0.2, -0.15) is 0 Å². The van der Waals surface area contributed by atoms with Gasteiger partial charge in [-0.3, -0.25) is 9.59 Å². The Bertz CT molecular complexity index is 841. The molecule has 2 amide bonds. The summed E-state index contributed by atoms with van der Waals surface area (Å²) in [5, 5.41) is 4.24. The number of benzene rings is 2. The van der Waals surface area contributed by atoms with Crippen LogP contribution in [0, 0.1) is 0 Å². The van der Waals surface area contributed by atoms with Gasteiger partial charge in [0.05, 0.1) is 6.61 Å². The second kappa shape index (κ2) is 12.6. The molecular formula is C24H30Cl2N2O3. The SMILES string of the molecule is CC[C@H](C)NC(=O)[C@@H](C)N(Cc1ccc(Cl)cc1)C(=O)CCCOc1ccc(Cl)cc1. The molecule has 0 fully saturated rings. The molecule has 31 heavy (non-hydrogen) atoms. The lowest BCUT2D eigenvalue weighted by atomic mass is 10.1. The minimum Gasteiger partial charge on any atom is -0.494 e. The van der Waals surface area contributed by atoms with Gasteiger partial charge in [0.15, 0.2) is 0 Å². The summed E-state index contributed by atoms with van der Waals surface area (Å²) in [4.78, 5) is 27.3. The Morgan fingerprint density at radius 1 is 1.00 bits per heavy atom. The predicted molar refractivity (Wildman–Crippen MR) is 126 cm³/mol. The van der Waals surface area contributed by atoms with Crippen molar-refractivity contribution in [2.45, 2.75) is 58.7 Å². The van der Waals surface area contributed by atoms with E-state index >= 15 is 0 Å². The molecular weight excluding hydrogens is 435 g/mol. The molecule has 2 rings (SSSR count). The van der Waals surface area contributed by atoms with Crippen LogP contribution in [0.25, 0.3) is 0 Å². The molecule has 0 saturated heterocycles. The highest BCUT2D eigenvalue weighted by Gasteiger charge is 2.26. The van der Waals surface area contributed by atoms with Gasteiger partial charge in [0.1, 0.15) is 11.8 Å². The van der Waals surface area contributed by atoms with E-state index in [1.807, 2.05) is 26.0 Å². The molecule has 7 heteroatoms. The van der Waals surface area contributed by atoms with Gasteiger partial charge in [0, 0.05) is 29.1 Å². The summed E-state index contributed by atoms with van der Waals surface area (Å²) in [6, 6.07) is 13.9. The smallest absolute Gasteiger partial charge is 0.242 e. The normalized spacial score (nSPS) is 12.7. The number of rotatable bonds is 11. The van der Waals surface area contributed by atoms with Crippen molar-refractivity contribution >= 4 is 35.0 Å². The average Bonchev–Trinajstić information content (AvgIpc) is 2.76. The molecule has 0 spiro atoms. The monoisotopic (exact) mass is 464 g/mol. The summed E-state index contributed by atoms with van der Waals surface area (Å²) in [6.45, 7) is 6.45. The molecule has 0 radical (unpaired) electrons. The highest BCUT2D eigenvalue weighted by molar-refractivity contribution is 6.30. The second-order valence-electron chi connectivity index (χ2n) is 7.55. The summed E-state index contributed by atoms with van der Waals surface area (Å²) in [5.41, 5.74) is 0.915. The zero-order chi connectivity index (χ0) is 22.8. The molecule has 168 valence electrons. The molecule has 0 bridgehead atoms. The zero-order valence-electron chi connectivity index (χ0n) is 18.2. The first-order chi connectivity index (χ1) is 14.8. The van der Waals surface area contributed by atoms with Crippen molar-refractivity contribution in [3.05, 3.63) is 64.1 Å². The maximum Gasteiger partial charge on any atom is 0.242 e. The lowest BCUT2D eigenvalue weighted by Gasteiger charge is -2.29. The molecule has 0 unspecified atom stereocenters. The van der Waals surface area contributed by atoms with Gasteiger partial charge >= 0.3 is 0 Å². The van der Waals surface area contributed by atoms with Crippen LogP contribution in [-0.2, 0) is 16.1 Å². The Kier molecular flexibility index (Phi) is 10.2. The number of carbonyl (C=O) groups excluding carboxylic acids is 2. The third-order valence-corrected chi connectivity index (χ3v) is 5.56. The molecule has 0 aliphatic rings. The van der Waals surface area contributed by atoms with E-state index < -0.39 is 6.04 Å². The maximum atomic E-state index is 13.0. The van der Waals surface area contributed by atoms with Crippen LogP contribution >= 0.6 is 23.2 Å². The third kappa shape index (κ3) is 8.42. The van der Waals surface area contributed by atoms with Crippen molar-refractivity contribution in [3.63, 3.8) is 0 Å². The first-order valence-electron chi connectivity index (χ1n) is 10.5. The maximum absolute atomic E-state index is 13.0. The van der Waals surface area contributed by atoms with Gasteiger partial charge in [0.25, 0.3) is 0 Å². The van der Waals surface area contributed by atoms with E-state index in [-0.39, 0.29) is 24.3 Å². The van der Waals surface area contributed by atoms with Crippen LogP contribution in [0.2, 0.25) is 10.0 Å². The van der Waals surface area contributed by atoms with Gasteiger partial charge in [-0.05, 0) is 68.7 Å². The molecule has 0 heterocycles. The lowest BCUT2D eigenvalue weighted by molar-refractivity contribution is -0.141. The van der Waals surface area contributed by atoms with Crippen molar-refractivity contribution < 1.29 is 14.3 Å². The fourth-order valence-corrected chi connectivity index (χ4v) is 3.17. The van der Waals surface area contributed by atoms with Crippen LogP contribution in [0.15, 0.2) is 48.5 Å². The Morgan fingerprint density at radius 3 is 2.16 bits per heavy atom. The average molecular weight is 465 g/mol. The van der Waals surface area contributed by atoms with Crippen LogP contribution in [-0.4, -0.2) is 35.4 Å². The molecule has 2 aromatic carbocycles. The number of nitrogens with zero attached hydrogens (tertiary/aromatic N) is 1. The van der Waals surface area contributed by atoms with E-state index in [0.717, 1.165) is 12.0 Å². The first kappa shape index (κ1) is 25.0. The zero-order valence-corrected chi connectivity index (χ0v) is 19.7. The van der Waals surface area contributed by atoms with E-state index in [9.17, 15) is 9.59 Å². The van der Waals surface area contributed by atoms with E-state index in [4.69, 9.17) is 27.9 Å². The fourth-order valence-electron chi connectivity index (χ4n) is 2.92. The second-order valence-corrected chi connectivity index (χ2v) is 8.42. The highest BCUT2D eigenvalue weighted by Crippen LogP contribution is 2.17. The molecule has 1 N–H and O–H groups in total. The molecule has 0 aliphatic carbocycles. The van der Waals surface area contributed by atoms with Gasteiger partial charge < -0.3 is 15.0 Å². The quantitative estimate of drug-likeness (QED) is 0.447. The van der Waals surface area contributed by atoms with Gasteiger partial charge in [-0.25, -0.2) is 0 Å². The molecule has 2 atom stereocenters. The van der Waals surface area contributed by atoms with Crippen molar-refractivity contribution in [1.29, 1.82) is 0 Å².